The van der Waals surface area contributed by atoms with Gasteiger partial charge in [-0.15, -0.1) is 0 Å². The number of hydrogen-bond acceptors (Lipinski definition) is 4. The summed E-state index contributed by atoms with van der Waals surface area (Å²) in [5, 5.41) is 3.23. The first-order valence-corrected chi connectivity index (χ1v) is 6.70. The SMILES string of the molecule is N/C(Cl)=C\C=C(/N)N1CCC(NC2(C(F)F)CC2)C1. The van der Waals surface area contributed by atoms with Crippen molar-refractivity contribution < 1.29 is 8.78 Å². The van der Waals surface area contributed by atoms with E-state index in [-0.39, 0.29) is 11.2 Å². The molecule has 1 aliphatic carbocycles. The highest BCUT2D eigenvalue weighted by Gasteiger charge is 2.52. The number of nitrogens with zero attached hydrogens (tertiary/aromatic N) is 1. The van der Waals surface area contributed by atoms with Crippen LogP contribution in [0, 0.1) is 0 Å². The Labute approximate surface area is 116 Å². The van der Waals surface area contributed by atoms with Crippen LogP contribution in [-0.2, 0) is 0 Å². The maximum absolute atomic E-state index is 12.8. The van der Waals surface area contributed by atoms with Crippen LogP contribution in [0.4, 0.5) is 8.78 Å². The van der Waals surface area contributed by atoms with Crippen molar-refractivity contribution in [2.75, 3.05) is 13.1 Å². The van der Waals surface area contributed by atoms with E-state index in [1.54, 1.807) is 6.08 Å². The molecule has 0 aromatic carbocycles. The quantitative estimate of drug-likeness (QED) is 0.528. The molecule has 2 fully saturated rings. The molecule has 0 aromatic heterocycles. The molecule has 0 amide bonds. The first-order chi connectivity index (χ1) is 8.93. The molecule has 2 rings (SSSR count). The van der Waals surface area contributed by atoms with Crippen molar-refractivity contribution in [2.45, 2.75) is 37.3 Å². The Hall–Kier alpha value is -1.01. The highest BCUT2D eigenvalue weighted by molar-refractivity contribution is 6.29. The standard InChI is InChI=1S/C12H19ClF2N4/c13-9(16)1-2-10(17)19-6-3-8(7-19)18-12(4-5-12)11(14)15/h1-2,8,11,18H,3-7,16-17H2/b9-1-,10-2+. The van der Waals surface area contributed by atoms with Crippen LogP contribution in [0.25, 0.3) is 0 Å². The summed E-state index contributed by atoms with van der Waals surface area (Å²) in [6.45, 7) is 1.38. The first-order valence-electron chi connectivity index (χ1n) is 6.32. The number of alkyl halides is 2. The molecule has 1 unspecified atom stereocenters. The largest absolute Gasteiger partial charge is 0.389 e. The minimum atomic E-state index is -2.30. The van der Waals surface area contributed by atoms with Crippen molar-refractivity contribution >= 4 is 11.6 Å². The molecule has 0 spiro atoms. The van der Waals surface area contributed by atoms with E-state index < -0.39 is 12.0 Å². The molecule has 0 aromatic rings. The summed E-state index contributed by atoms with van der Waals surface area (Å²) in [5.41, 5.74) is 10.2. The van der Waals surface area contributed by atoms with Crippen LogP contribution in [0.2, 0.25) is 0 Å². The fourth-order valence-electron chi connectivity index (χ4n) is 2.35. The second-order valence-electron chi connectivity index (χ2n) is 5.18. The van der Waals surface area contributed by atoms with Gasteiger partial charge in [0, 0.05) is 19.1 Å². The van der Waals surface area contributed by atoms with Crippen LogP contribution >= 0.6 is 11.6 Å². The predicted molar refractivity (Wildman–Crippen MR) is 71.5 cm³/mol. The Bertz CT molecular complexity index is 389. The van der Waals surface area contributed by atoms with E-state index in [9.17, 15) is 8.78 Å². The zero-order valence-electron chi connectivity index (χ0n) is 10.6. The van der Waals surface area contributed by atoms with E-state index in [1.807, 2.05) is 4.90 Å². The van der Waals surface area contributed by atoms with E-state index in [2.05, 4.69) is 5.32 Å². The maximum atomic E-state index is 12.8. The average Bonchev–Trinajstić information content (AvgIpc) is 2.97. The number of halogens is 3. The van der Waals surface area contributed by atoms with Gasteiger partial charge >= 0.3 is 0 Å². The Balaban J connectivity index is 1.87. The molecular formula is C12H19ClF2N4. The van der Waals surface area contributed by atoms with E-state index in [0.29, 0.717) is 25.2 Å². The third-order valence-electron chi connectivity index (χ3n) is 3.66. The predicted octanol–water partition coefficient (Wildman–Crippen LogP) is 1.29. The highest BCUT2D eigenvalue weighted by atomic mass is 35.5. The lowest BCUT2D eigenvalue weighted by Crippen LogP contribution is -2.46. The Morgan fingerprint density at radius 2 is 2.05 bits per heavy atom. The van der Waals surface area contributed by atoms with Gasteiger partial charge in [0.25, 0.3) is 6.43 Å². The molecule has 7 heteroatoms. The normalized spacial score (nSPS) is 27.2. The Morgan fingerprint density at radius 3 is 2.58 bits per heavy atom. The number of likely N-dealkylation sites (tertiary alicyclic amines) is 1. The van der Waals surface area contributed by atoms with Gasteiger partial charge in [0.05, 0.1) is 16.5 Å². The van der Waals surface area contributed by atoms with Gasteiger partial charge in [-0.05, 0) is 31.4 Å². The zero-order valence-corrected chi connectivity index (χ0v) is 11.3. The minimum Gasteiger partial charge on any atom is -0.389 e. The molecule has 4 nitrogen and oxygen atoms in total. The number of nitrogens with one attached hydrogen (secondary N) is 1. The third kappa shape index (κ3) is 3.51. The number of nitrogens with two attached hydrogens (primary N) is 2. The van der Waals surface area contributed by atoms with Crippen molar-refractivity contribution in [3.63, 3.8) is 0 Å². The zero-order chi connectivity index (χ0) is 14.0. The van der Waals surface area contributed by atoms with E-state index in [1.165, 1.54) is 6.08 Å². The lowest BCUT2D eigenvalue weighted by Gasteiger charge is -2.23. The number of rotatable bonds is 5. The van der Waals surface area contributed by atoms with Crippen LogP contribution in [-0.4, -0.2) is 36.0 Å². The van der Waals surface area contributed by atoms with Crippen LogP contribution in [0.5, 0.6) is 0 Å². The topological polar surface area (TPSA) is 67.3 Å². The summed E-state index contributed by atoms with van der Waals surface area (Å²) in [7, 11) is 0. The van der Waals surface area contributed by atoms with Gasteiger partial charge in [-0.2, -0.15) is 0 Å². The van der Waals surface area contributed by atoms with Crippen molar-refractivity contribution in [1.82, 2.24) is 10.2 Å². The van der Waals surface area contributed by atoms with E-state index in [4.69, 9.17) is 23.1 Å². The van der Waals surface area contributed by atoms with Gasteiger partial charge in [0.2, 0.25) is 0 Å². The molecule has 19 heavy (non-hydrogen) atoms. The van der Waals surface area contributed by atoms with Crippen LogP contribution < -0.4 is 16.8 Å². The van der Waals surface area contributed by atoms with Gasteiger partial charge in [-0.1, -0.05) is 11.6 Å². The highest BCUT2D eigenvalue weighted by Crippen LogP contribution is 2.42. The molecule has 1 saturated carbocycles. The van der Waals surface area contributed by atoms with E-state index >= 15 is 0 Å². The summed E-state index contributed by atoms with van der Waals surface area (Å²) in [6.07, 6.45) is 2.76. The van der Waals surface area contributed by atoms with Crippen molar-refractivity contribution in [3.05, 3.63) is 23.1 Å². The number of hydrogen-bond donors (Lipinski definition) is 3. The summed E-state index contributed by atoms with van der Waals surface area (Å²) in [5.74, 6) is 0.551. The molecule has 1 saturated heterocycles. The van der Waals surface area contributed by atoms with Crippen molar-refractivity contribution in [1.29, 1.82) is 0 Å². The van der Waals surface area contributed by atoms with Gasteiger partial charge in [-0.25, -0.2) is 8.78 Å². The summed E-state index contributed by atoms with van der Waals surface area (Å²) < 4.78 is 25.7. The van der Waals surface area contributed by atoms with Crippen molar-refractivity contribution in [3.8, 4) is 0 Å². The summed E-state index contributed by atoms with van der Waals surface area (Å²) in [4.78, 5) is 1.94. The van der Waals surface area contributed by atoms with Crippen LogP contribution in [0.1, 0.15) is 19.3 Å². The molecular weight excluding hydrogens is 274 g/mol. The minimum absolute atomic E-state index is 0.0563. The van der Waals surface area contributed by atoms with Crippen LogP contribution in [0.3, 0.4) is 0 Å². The molecule has 1 aliphatic heterocycles. The molecule has 2 aliphatic rings. The van der Waals surface area contributed by atoms with Crippen molar-refractivity contribution in [2.24, 2.45) is 11.5 Å². The Kier molecular flexibility index (Phi) is 4.20. The monoisotopic (exact) mass is 292 g/mol. The number of allylic oxidation sites excluding steroid dienone is 2. The molecule has 1 heterocycles. The van der Waals surface area contributed by atoms with Gasteiger partial charge in [0.15, 0.2) is 0 Å². The lowest BCUT2D eigenvalue weighted by molar-refractivity contribution is 0.0795. The summed E-state index contributed by atoms with van der Waals surface area (Å²) >= 11 is 5.51. The molecule has 0 bridgehead atoms. The molecule has 5 N–H and O–H groups in total. The second-order valence-corrected chi connectivity index (χ2v) is 5.61. The van der Waals surface area contributed by atoms with E-state index in [0.717, 1.165) is 13.0 Å². The fraction of sp³-hybridized carbons (Fsp3) is 0.667. The molecule has 108 valence electrons. The second kappa shape index (κ2) is 5.54. The molecule has 0 radical (unpaired) electrons. The average molecular weight is 293 g/mol. The van der Waals surface area contributed by atoms with Gasteiger partial charge < -0.3 is 21.7 Å². The fourth-order valence-corrected chi connectivity index (χ4v) is 2.41. The van der Waals surface area contributed by atoms with Gasteiger partial charge in [-0.3, -0.25) is 0 Å². The van der Waals surface area contributed by atoms with Crippen LogP contribution in [0.15, 0.2) is 23.1 Å². The smallest absolute Gasteiger partial charge is 0.256 e. The third-order valence-corrected chi connectivity index (χ3v) is 3.79. The summed E-state index contributed by atoms with van der Waals surface area (Å²) in [6, 6.07) is 0.0563. The lowest BCUT2D eigenvalue weighted by atomic mass is 10.2. The maximum Gasteiger partial charge on any atom is 0.256 e. The Morgan fingerprint density at radius 1 is 1.37 bits per heavy atom. The first kappa shape index (κ1) is 14.4. The molecule has 1 atom stereocenters. The van der Waals surface area contributed by atoms with Gasteiger partial charge in [0.1, 0.15) is 0 Å².